The summed E-state index contributed by atoms with van der Waals surface area (Å²) in [4.78, 5) is 4.86. The van der Waals surface area contributed by atoms with Crippen molar-refractivity contribution in [1.29, 1.82) is 0 Å². The number of guanidine groups is 1. The summed E-state index contributed by atoms with van der Waals surface area (Å²) in [6.07, 6.45) is 4.84. The Kier molecular flexibility index (Phi) is 9.00. The number of benzene rings is 1. The molecule has 3 rings (SSSR count). The minimum absolute atomic E-state index is 0. The second-order valence-corrected chi connectivity index (χ2v) is 8.01. The zero-order chi connectivity index (χ0) is 20.9. The van der Waals surface area contributed by atoms with Gasteiger partial charge in [0.25, 0.3) is 0 Å². The predicted octanol–water partition coefficient (Wildman–Crippen LogP) is 4.23. The molecule has 0 aliphatic heterocycles. The SMILES string of the molecule is CCNC(=NCc1c(C)nn(C)c1C)NCC1(c2ccccc2OC)CCCC1.I. The fourth-order valence-electron chi connectivity index (χ4n) is 4.47. The van der Waals surface area contributed by atoms with Crippen LogP contribution in [0, 0.1) is 13.8 Å². The zero-order valence-corrected chi connectivity index (χ0v) is 21.2. The number of aryl methyl sites for hydroxylation is 2. The van der Waals surface area contributed by atoms with Gasteiger partial charge in [0, 0.05) is 42.4 Å². The van der Waals surface area contributed by atoms with Gasteiger partial charge in [-0.1, -0.05) is 31.0 Å². The smallest absolute Gasteiger partial charge is 0.191 e. The molecule has 1 aromatic carbocycles. The Balaban J connectivity index is 0.00000320. The van der Waals surface area contributed by atoms with Crippen LogP contribution in [-0.4, -0.2) is 35.9 Å². The van der Waals surface area contributed by atoms with Gasteiger partial charge in [-0.05, 0) is 39.7 Å². The molecule has 166 valence electrons. The van der Waals surface area contributed by atoms with Crippen molar-refractivity contribution < 1.29 is 4.74 Å². The minimum Gasteiger partial charge on any atom is -0.496 e. The van der Waals surface area contributed by atoms with Gasteiger partial charge in [0.05, 0.1) is 19.3 Å². The Morgan fingerprint density at radius 3 is 2.50 bits per heavy atom. The zero-order valence-electron chi connectivity index (χ0n) is 18.9. The molecule has 7 heteroatoms. The van der Waals surface area contributed by atoms with Crippen molar-refractivity contribution in [2.75, 3.05) is 20.2 Å². The average molecular weight is 525 g/mol. The van der Waals surface area contributed by atoms with Crippen molar-refractivity contribution in [3.05, 3.63) is 46.8 Å². The molecule has 1 fully saturated rings. The summed E-state index contributed by atoms with van der Waals surface area (Å²) in [5.74, 6) is 1.84. The molecule has 0 atom stereocenters. The molecule has 0 saturated heterocycles. The maximum Gasteiger partial charge on any atom is 0.191 e. The number of halogens is 1. The second-order valence-electron chi connectivity index (χ2n) is 8.01. The normalized spacial score (nSPS) is 15.6. The first kappa shape index (κ1) is 24.5. The predicted molar refractivity (Wildman–Crippen MR) is 134 cm³/mol. The molecule has 0 unspecified atom stereocenters. The van der Waals surface area contributed by atoms with Crippen LogP contribution in [0.4, 0.5) is 0 Å². The Morgan fingerprint density at radius 1 is 1.20 bits per heavy atom. The summed E-state index contributed by atoms with van der Waals surface area (Å²) < 4.78 is 7.61. The van der Waals surface area contributed by atoms with Crippen molar-refractivity contribution in [1.82, 2.24) is 20.4 Å². The van der Waals surface area contributed by atoms with Gasteiger partial charge < -0.3 is 15.4 Å². The summed E-state index contributed by atoms with van der Waals surface area (Å²) in [6.45, 7) is 8.56. The van der Waals surface area contributed by atoms with Crippen LogP contribution in [0.1, 0.15) is 55.1 Å². The number of nitrogens with one attached hydrogen (secondary N) is 2. The van der Waals surface area contributed by atoms with Gasteiger partial charge in [0.15, 0.2) is 5.96 Å². The number of aliphatic imine (C=N–C) groups is 1. The van der Waals surface area contributed by atoms with Crippen LogP contribution in [-0.2, 0) is 19.0 Å². The number of aromatic nitrogens is 2. The number of ether oxygens (including phenoxy) is 1. The number of hydrogen-bond acceptors (Lipinski definition) is 3. The van der Waals surface area contributed by atoms with E-state index in [2.05, 4.69) is 47.8 Å². The average Bonchev–Trinajstić information content (AvgIpc) is 3.30. The van der Waals surface area contributed by atoms with Crippen LogP contribution in [0.3, 0.4) is 0 Å². The number of para-hydroxylation sites is 1. The molecule has 1 aromatic heterocycles. The van der Waals surface area contributed by atoms with E-state index >= 15 is 0 Å². The Morgan fingerprint density at radius 2 is 1.90 bits per heavy atom. The van der Waals surface area contributed by atoms with E-state index < -0.39 is 0 Å². The molecule has 1 saturated carbocycles. The van der Waals surface area contributed by atoms with Gasteiger partial charge >= 0.3 is 0 Å². The number of rotatable bonds is 7. The number of nitrogens with zero attached hydrogens (tertiary/aromatic N) is 3. The molecule has 0 bridgehead atoms. The molecule has 1 heterocycles. The monoisotopic (exact) mass is 525 g/mol. The summed E-state index contributed by atoms with van der Waals surface area (Å²) >= 11 is 0. The molecule has 2 aromatic rings. The van der Waals surface area contributed by atoms with E-state index in [-0.39, 0.29) is 29.4 Å². The van der Waals surface area contributed by atoms with Crippen LogP contribution >= 0.6 is 24.0 Å². The summed E-state index contributed by atoms with van der Waals surface area (Å²) in [6, 6.07) is 8.45. The first-order chi connectivity index (χ1) is 14.0. The van der Waals surface area contributed by atoms with Crippen LogP contribution in [0.5, 0.6) is 5.75 Å². The molecule has 1 aliphatic rings. The third-order valence-electron chi connectivity index (χ3n) is 6.23. The molecule has 0 radical (unpaired) electrons. The van der Waals surface area contributed by atoms with Gasteiger partial charge in [0.2, 0.25) is 0 Å². The molecule has 30 heavy (non-hydrogen) atoms. The molecule has 1 aliphatic carbocycles. The fraction of sp³-hybridized carbons (Fsp3) is 0.565. The van der Waals surface area contributed by atoms with Crippen molar-refractivity contribution in [2.45, 2.75) is 58.4 Å². The van der Waals surface area contributed by atoms with Crippen LogP contribution < -0.4 is 15.4 Å². The second kappa shape index (κ2) is 11.0. The van der Waals surface area contributed by atoms with Gasteiger partial charge in [-0.25, -0.2) is 4.99 Å². The Bertz CT molecular complexity index is 855. The minimum atomic E-state index is 0. The first-order valence-corrected chi connectivity index (χ1v) is 10.7. The van der Waals surface area contributed by atoms with Crippen molar-refractivity contribution in [3.63, 3.8) is 0 Å². The maximum atomic E-state index is 5.69. The number of methoxy groups -OCH3 is 1. The third kappa shape index (κ3) is 5.28. The molecular weight excluding hydrogens is 489 g/mol. The van der Waals surface area contributed by atoms with E-state index in [1.807, 2.05) is 24.7 Å². The fourth-order valence-corrected chi connectivity index (χ4v) is 4.47. The van der Waals surface area contributed by atoms with E-state index in [1.54, 1.807) is 7.11 Å². The van der Waals surface area contributed by atoms with Crippen molar-refractivity contribution in [3.8, 4) is 5.75 Å². The largest absolute Gasteiger partial charge is 0.496 e. The summed E-state index contributed by atoms with van der Waals surface area (Å²) in [5, 5.41) is 11.5. The third-order valence-corrected chi connectivity index (χ3v) is 6.23. The quantitative estimate of drug-likeness (QED) is 0.323. The van der Waals surface area contributed by atoms with Crippen LogP contribution in [0.15, 0.2) is 29.3 Å². The molecule has 0 spiro atoms. The van der Waals surface area contributed by atoms with Gasteiger partial charge in [-0.2, -0.15) is 5.10 Å². The van der Waals surface area contributed by atoms with E-state index in [1.165, 1.54) is 42.5 Å². The highest BCUT2D eigenvalue weighted by Crippen LogP contribution is 2.44. The lowest BCUT2D eigenvalue weighted by Gasteiger charge is -2.32. The molecule has 6 nitrogen and oxygen atoms in total. The summed E-state index contributed by atoms with van der Waals surface area (Å²) in [7, 11) is 3.75. The van der Waals surface area contributed by atoms with Gasteiger partial charge in [-0.15, -0.1) is 24.0 Å². The lowest BCUT2D eigenvalue weighted by atomic mass is 9.78. The Labute approximate surface area is 197 Å². The van der Waals surface area contributed by atoms with Crippen molar-refractivity contribution in [2.24, 2.45) is 12.0 Å². The van der Waals surface area contributed by atoms with Crippen LogP contribution in [0.25, 0.3) is 0 Å². The highest BCUT2D eigenvalue weighted by atomic mass is 127. The van der Waals surface area contributed by atoms with E-state index in [4.69, 9.17) is 9.73 Å². The number of hydrogen-bond donors (Lipinski definition) is 2. The van der Waals surface area contributed by atoms with Crippen molar-refractivity contribution >= 4 is 29.9 Å². The summed E-state index contributed by atoms with van der Waals surface area (Å²) in [5.41, 5.74) is 4.81. The van der Waals surface area contributed by atoms with Gasteiger partial charge in [-0.3, -0.25) is 4.68 Å². The molecule has 0 amide bonds. The lowest BCUT2D eigenvalue weighted by molar-refractivity contribution is 0.371. The van der Waals surface area contributed by atoms with E-state index in [0.717, 1.165) is 30.5 Å². The van der Waals surface area contributed by atoms with Gasteiger partial charge in [0.1, 0.15) is 5.75 Å². The Hall–Kier alpha value is -1.77. The highest BCUT2D eigenvalue weighted by Gasteiger charge is 2.37. The van der Waals surface area contributed by atoms with Crippen LogP contribution in [0.2, 0.25) is 0 Å². The molecule has 2 N–H and O–H groups in total. The topological polar surface area (TPSA) is 63.5 Å². The maximum absolute atomic E-state index is 5.69. The highest BCUT2D eigenvalue weighted by molar-refractivity contribution is 14.0. The lowest BCUT2D eigenvalue weighted by Crippen LogP contribution is -2.44. The first-order valence-electron chi connectivity index (χ1n) is 10.7. The molecular formula is C23H36IN5O. The standard InChI is InChI=1S/C23H35N5O.HI/c1-6-24-22(25-15-19-17(2)27-28(4)18(19)3)26-16-23(13-9-10-14-23)20-11-7-8-12-21(20)29-5;/h7-8,11-12H,6,9-10,13-16H2,1-5H3,(H2,24,25,26);1H. The van der Waals surface area contributed by atoms with E-state index in [9.17, 15) is 0 Å². The van der Waals surface area contributed by atoms with E-state index in [0.29, 0.717) is 6.54 Å².